The molecule has 1 aliphatic rings. The zero-order valence-corrected chi connectivity index (χ0v) is 13.0. The molecular weight excluding hydrogens is 290 g/mol. The number of hydrogen-bond donors (Lipinski definition) is 1. The smallest absolute Gasteiger partial charge is 0.273 e. The summed E-state index contributed by atoms with van der Waals surface area (Å²) in [6, 6.07) is 4.58. The zero-order chi connectivity index (χ0) is 13.9. The van der Waals surface area contributed by atoms with Gasteiger partial charge in [0.25, 0.3) is 5.91 Å². The Bertz CT molecular complexity index is 571. The molecule has 0 spiro atoms. The molecule has 1 amide bonds. The molecule has 2 aromatic heterocycles. The Morgan fingerprint density at radius 2 is 2.20 bits per heavy atom. The highest BCUT2D eigenvalue weighted by atomic mass is 32.1. The maximum Gasteiger partial charge on any atom is 0.273 e. The number of thiophene rings is 1. The van der Waals surface area contributed by atoms with E-state index >= 15 is 0 Å². The molecule has 1 N–H and O–H groups in total. The van der Waals surface area contributed by atoms with Crippen LogP contribution in [0.15, 0.2) is 22.9 Å². The molecule has 20 heavy (non-hydrogen) atoms. The van der Waals surface area contributed by atoms with Crippen LogP contribution in [0.25, 0.3) is 9.88 Å². The van der Waals surface area contributed by atoms with Crippen molar-refractivity contribution in [3.05, 3.63) is 28.6 Å². The van der Waals surface area contributed by atoms with Crippen molar-refractivity contribution in [2.45, 2.75) is 18.9 Å². The second-order valence-electron chi connectivity index (χ2n) is 4.87. The Kier molecular flexibility index (Phi) is 4.14. The Morgan fingerprint density at radius 3 is 2.85 bits per heavy atom. The second kappa shape index (κ2) is 6.03. The van der Waals surface area contributed by atoms with Gasteiger partial charge < -0.3 is 10.2 Å². The predicted molar refractivity (Wildman–Crippen MR) is 83.4 cm³/mol. The lowest BCUT2D eigenvalue weighted by molar-refractivity contribution is 0.0702. The number of piperidine rings is 1. The van der Waals surface area contributed by atoms with Crippen LogP contribution in [0.1, 0.15) is 23.3 Å². The zero-order valence-electron chi connectivity index (χ0n) is 11.3. The van der Waals surface area contributed by atoms with Gasteiger partial charge in [-0.2, -0.15) is 0 Å². The first-order valence-corrected chi connectivity index (χ1v) is 8.50. The summed E-state index contributed by atoms with van der Waals surface area (Å²) in [5, 5.41) is 8.12. The van der Waals surface area contributed by atoms with Crippen molar-refractivity contribution in [2.24, 2.45) is 0 Å². The molecule has 6 heteroatoms. The van der Waals surface area contributed by atoms with Gasteiger partial charge in [-0.1, -0.05) is 6.07 Å². The molecule has 1 saturated heterocycles. The molecule has 0 aliphatic carbocycles. The number of carbonyl (C=O) groups excluding carboxylic acids is 1. The molecule has 2 aromatic rings. The van der Waals surface area contributed by atoms with Gasteiger partial charge in [-0.3, -0.25) is 4.79 Å². The first-order valence-electron chi connectivity index (χ1n) is 6.74. The summed E-state index contributed by atoms with van der Waals surface area (Å²) in [5.74, 6) is 0.0682. The minimum absolute atomic E-state index is 0.0682. The molecule has 0 aromatic carbocycles. The third kappa shape index (κ3) is 2.77. The average molecular weight is 307 g/mol. The number of nitrogens with one attached hydrogen (secondary N) is 1. The quantitative estimate of drug-likeness (QED) is 0.948. The van der Waals surface area contributed by atoms with Gasteiger partial charge in [-0.05, 0) is 31.3 Å². The third-order valence-electron chi connectivity index (χ3n) is 3.65. The van der Waals surface area contributed by atoms with Gasteiger partial charge >= 0.3 is 0 Å². The van der Waals surface area contributed by atoms with Crippen LogP contribution in [0.4, 0.5) is 0 Å². The fourth-order valence-electron chi connectivity index (χ4n) is 2.42. The predicted octanol–water partition coefficient (Wildman–Crippen LogP) is 2.70. The van der Waals surface area contributed by atoms with Gasteiger partial charge in [0.05, 0.1) is 4.88 Å². The van der Waals surface area contributed by atoms with Crippen LogP contribution < -0.4 is 5.32 Å². The van der Waals surface area contributed by atoms with Crippen LogP contribution in [-0.4, -0.2) is 42.0 Å². The first kappa shape index (κ1) is 13.7. The van der Waals surface area contributed by atoms with Crippen molar-refractivity contribution in [1.29, 1.82) is 0 Å². The molecule has 0 unspecified atom stereocenters. The van der Waals surface area contributed by atoms with Gasteiger partial charge in [0.1, 0.15) is 10.7 Å². The number of hydrogen-bond acceptors (Lipinski definition) is 5. The highest BCUT2D eigenvalue weighted by Gasteiger charge is 2.24. The van der Waals surface area contributed by atoms with E-state index in [4.69, 9.17) is 0 Å². The highest BCUT2D eigenvalue weighted by molar-refractivity contribution is 7.20. The Morgan fingerprint density at radius 1 is 1.40 bits per heavy atom. The second-order valence-corrected chi connectivity index (χ2v) is 6.68. The minimum Gasteiger partial charge on any atom is -0.337 e. The Labute approximate surface area is 126 Å². The molecule has 0 atom stereocenters. The van der Waals surface area contributed by atoms with Crippen LogP contribution in [0.2, 0.25) is 0 Å². The number of carbonyl (C=O) groups is 1. The Balaban J connectivity index is 1.69. The Hall–Kier alpha value is -1.24. The van der Waals surface area contributed by atoms with Crippen LogP contribution >= 0.6 is 22.7 Å². The van der Waals surface area contributed by atoms with Gasteiger partial charge in [0.15, 0.2) is 0 Å². The summed E-state index contributed by atoms with van der Waals surface area (Å²) in [6.07, 6.45) is 2.04. The number of aromatic nitrogens is 1. The maximum atomic E-state index is 12.4. The van der Waals surface area contributed by atoms with E-state index in [2.05, 4.69) is 10.3 Å². The molecule has 3 rings (SSSR count). The molecule has 3 heterocycles. The SMILES string of the molecule is CNC1CCN(C(=O)c2csc(-c3cccs3)n2)CC1. The van der Waals surface area contributed by atoms with Crippen LogP contribution in [-0.2, 0) is 0 Å². The van der Waals surface area contributed by atoms with Crippen molar-refractivity contribution in [3.63, 3.8) is 0 Å². The summed E-state index contributed by atoms with van der Waals surface area (Å²) < 4.78 is 0. The van der Waals surface area contributed by atoms with E-state index in [-0.39, 0.29) is 5.91 Å². The van der Waals surface area contributed by atoms with Crippen molar-refractivity contribution in [1.82, 2.24) is 15.2 Å². The number of amides is 1. The maximum absolute atomic E-state index is 12.4. The highest BCUT2D eigenvalue weighted by Crippen LogP contribution is 2.28. The lowest BCUT2D eigenvalue weighted by Crippen LogP contribution is -2.44. The van der Waals surface area contributed by atoms with Crippen molar-refractivity contribution >= 4 is 28.6 Å². The van der Waals surface area contributed by atoms with E-state index in [1.807, 2.05) is 34.8 Å². The van der Waals surface area contributed by atoms with Crippen LogP contribution in [0.5, 0.6) is 0 Å². The molecule has 1 aliphatic heterocycles. The number of thiazole rings is 1. The summed E-state index contributed by atoms with van der Waals surface area (Å²) in [5.41, 5.74) is 0.585. The van der Waals surface area contributed by atoms with E-state index in [0.29, 0.717) is 11.7 Å². The summed E-state index contributed by atoms with van der Waals surface area (Å²) in [7, 11) is 1.98. The first-order chi connectivity index (χ1) is 9.78. The van der Waals surface area contributed by atoms with Crippen LogP contribution in [0, 0.1) is 0 Å². The van der Waals surface area contributed by atoms with E-state index in [9.17, 15) is 4.79 Å². The van der Waals surface area contributed by atoms with Gasteiger partial charge in [-0.25, -0.2) is 4.98 Å². The van der Waals surface area contributed by atoms with E-state index in [0.717, 1.165) is 35.8 Å². The number of likely N-dealkylation sites (tertiary alicyclic amines) is 1. The lowest BCUT2D eigenvalue weighted by atomic mass is 10.1. The van der Waals surface area contributed by atoms with Crippen molar-refractivity contribution < 1.29 is 4.79 Å². The molecule has 106 valence electrons. The monoisotopic (exact) mass is 307 g/mol. The summed E-state index contributed by atoms with van der Waals surface area (Å²) in [6.45, 7) is 1.63. The largest absolute Gasteiger partial charge is 0.337 e. The topological polar surface area (TPSA) is 45.2 Å². The van der Waals surface area contributed by atoms with E-state index in [1.165, 1.54) is 0 Å². The number of nitrogens with zero attached hydrogens (tertiary/aromatic N) is 2. The molecule has 0 radical (unpaired) electrons. The third-order valence-corrected chi connectivity index (χ3v) is 5.53. The molecule has 0 bridgehead atoms. The molecule has 0 saturated carbocycles. The van der Waals surface area contributed by atoms with E-state index < -0.39 is 0 Å². The molecular formula is C14H17N3OS2. The fourth-order valence-corrected chi connectivity index (χ4v) is 4.03. The fraction of sp³-hybridized carbons (Fsp3) is 0.429. The van der Waals surface area contributed by atoms with Gasteiger partial charge in [-0.15, -0.1) is 22.7 Å². The standard InChI is InChI=1S/C14H17N3OS2/c1-15-10-4-6-17(7-5-10)14(18)11-9-20-13(16-11)12-3-2-8-19-12/h2-3,8-10,15H,4-7H2,1H3. The normalized spacial score (nSPS) is 16.6. The van der Waals surface area contributed by atoms with Crippen LogP contribution in [0.3, 0.4) is 0 Å². The minimum atomic E-state index is 0.0682. The summed E-state index contributed by atoms with van der Waals surface area (Å²) >= 11 is 3.20. The van der Waals surface area contributed by atoms with Crippen molar-refractivity contribution in [3.8, 4) is 9.88 Å². The number of rotatable bonds is 3. The average Bonchev–Trinajstić information content (AvgIpc) is 3.17. The van der Waals surface area contributed by atoms with Crippen molar-refractivity contribution in [2.75, 3.05) is 20.1 Å². The lowest BCUT2D eigenvalue weighted by Gasteiger charge is -2.31. The van der Waals surface area contributed by atoms with Gasteiger partial charge in [0, 0.05) is 24.5 Å². The van der Waals surface area contributed by atoms with E-state index in [1.54, 1.807) is 22.7 Å². The molecule has 1 fully saturated rings. The summed E-state index contributed by atoms with van der Waals surface area (Å²) in [4.78, 5) is 20.0. The van der Waals surface area contributed by atoms with Gasteiger partial charge in [0.2, 0.25) is 0 Å². The molecule has 4 nitrogen and oxygen atoms in total.